The molecule has 0 bridgehead atoms. The van der Waals surface area contributed by atoms with Gasteiger partial charge in [-0.15, -0.1) is 0 Å². The number of benzene rings is 2. The molecule has 1 amide bonds. The highest BCUT2D eigenvalue weighted by molar-refractivity contribution is 7.89. The van der Waals surface area contributed by atoms with E-state index in [4.69, 9.17) is 4.52 Å². The van der Waals surface area contributed by atoms with Gasteiger partial charge < -0.3 is 9.42 Å². The Morgan fingerprint density at radius 1 is 0.914 bits per heavy atom. The van der Waals surface area contributed by atoms with Crippen molar-refractivity contribution in [3.8, 4) is 11.3 Å². The molecular weight excluding hydrogens is 464 g/mol. The van der Waals surface area contributed by atoms with Crippen LogP contribution in [-0.4, -0.2) is 59.8 Å². The molecule has 0 aliphatic carbocycles. The van der Waals surface area contributed by atoms with Crippen molar-refractivity contribution in [2.24, 2.45) is 0 Å². The van der Waals surface area contributed by atoms with Crippen molar-refractivity contribution in [3.63, 3.8) is 0 Å². The van der Waals surface area contributed by atoms with E-state index in [0.717, 1.165) is 16.7 Å². The SMILES string of the molecule is Cc1ccc(S(=O)(=O)N2CCN(C(=O)c3cc(-c4ccccc4)nc4onc(C)c34)CC2)cc1C. The van der Waals surface area contributed by atoms with E-state index >= 15 is 0 Å². The molecule has 0 radical (unpaired) electrons. The predicted molar refractivity (Wildman–Crippen MR) is 133 cm³/mol. The molecule has 2 aromatic heterocycles. The van der Waals surface area contributed by atoms with Gasteiger partial charge in [-0.25, -0.2) is 13.4 Å². The van der Waals surface area contributed by atoms with Crippen molar-refractivity contribution in [2.45, 2.75) is 25.7 Å². The molecule has 8 nitrogen and oxygen atoms in total. The van der Waals surface area contributed by atoms with Gasteiger partial charge in [-0.2, -0.15) is 4.31 Å². The van der Waals surface area contributed by atoms with Gasteiger partial charge in [0.25, 0.3) is 11.6 Å². The lowest BCUT2D eigenvalue weighted by molar-refractivity contribution is 0.0699. The van der Waals surface area contributed by atoms with Crippen molar-refractivity contribution in [2.75, 3.05) is 26.2 Å². The number of hydrogen-bond donors (Lipinski definition) is 0. The van der Waals surface area contributed by atoms with Gasteiger partial charge in [-0.3, -0.25) is 4.79 Å². The van der Waals surface area contributed by atoms with E-state index in [1.807, 2.05) is 50.2 Å². The zero-order chi connectivity index (χ0) is 24.7. The quantitative estimate of drug-likeness (QED) is 0.430. The summed E-state index contributed by atoms with van der Waals surface area (Å²) in [5.41, 5.74) is 4.81. The molecule has 0 atom stereocenters. The fraction of sp³-hybridized carbons (Fsp3) is 0.269. The van der Waals surface area contributed by atoms with E-state index in [0.29, 0.717) is 28.1 Å². The van der Waals surface area contributed by atoms with E-state index < -0.39 is 10.0 Å². The van der Waals surface area contributed by atoms with Crippen LogP contribution in [0.25, 0.3) is 22.4 Å². The predicted octanol–water partition coefficient (Wildman–Crippen LogP) is 3.96. The monoisotopic (exact) mass is 490 g/mol. The van der Waals surface area contributed by atoms with Crippen LogP contribution in [0.1, 0.15) is 27.2 Å². The first kappa shape index (κ1) is 23.2. The molecule has 1 aliphatic heterocycles. The smallest absolute Gasteiger partial charge is 0.259 e. The summed E-state index contributed by atoms with van der Waals surface area (Å²) < 4.78 is 33.2. The second-order valence-corrected chi connectivity index (χ2v) is 10.7. The molecule has 180 valence electrons. The molecule has 1 saturated heterocycles. The summed E-state index contributed by atoms with van der Waals surface area (Å²) in [6.07, 6.45) is 0. The summed E-state index contributed by atoms with van der Waals surface area (Å²) >= 11 is 0. The molecule has 0 spiro atoms. The highest BCUT2D eigenvalue weighted by Gasteiger charge is 2.32. The second kappa shape index (κ2) is 8.90. The third kappa shape index (κ3) is 4.21. The van der Waals surface area contributed by atoms with Gasteiger partial charge in [-0.1, -0.05) is 41.6 Å². The maximum absolute atomic E-state index is 13.6. The Kier molecular flexibility index (Phi) is 5.90. The molecule has 35 heavy (non-hydrogen) atoms. The highest BCUT2D eigenvalue weighted by Crippen LogP contribution is 2.29. The number of amides is 1. The van der Waals surface area contributed by atoms with Crippen molar-refractivity contribution < 1.29 is 17.7 Å². The zero-order valence-electron chi connectivity index (χ0n) is 19.9. The standard InChI is InChI=1S/C26H26N4O4S/c1-17-9-10-21(15-18(17)2)35(32,33)30-13-11-29(12-14-30)26(31)22-16-23(20-7-5-4-6-8-20)27-25-24(22)19(3)28-34-25/h4-10,15-16H,11-14H2,1-3H3. The lowest BCUT2D eigenvalue weighted by atomic mass is 10.0. The molecule has 2 aromatic carbocycles. The molecular formula is C26H26N4O4S. The first-order chi connectivity index (χ1) is 16.8. The van der Waals surface area contributed by atoms with E-state index in [-0.39, 0.29) is 37.0 Å². The number of fused-ring (bicyclic) bond motifs is 1. The van der Waals surface area contributed by atoms with E-state index in [2.05, 4.69) is 10.1 Å². The van der Waals surface area contributed by atoms with Crippen LogP contribution in [0, 0.1) is 20.8 Å². The first-order valence-electron chi connectivity index (χ1n) is 11.4. The number of aromatic nitrogens is 2. The van der Waals surface area contributed by atoms with Crippen molar-refractivity contribution in [3.05, 3.63) is 77.0 Å². The molecule has 0 unspecified atom stereocenters. The Morgan fingerprint density at radius 3 is 2.31 bits per heavy atom. The Hall–Kier alpha value is -3.56. The van der Waals surface area contributed by atoms with Crippen LogP contribution in [0.2, 0.25) is 0 Å². The van der Waals surface area contributed by atoms with Gasteiger partial charge in [0, 0.05) is 31.7 Å². The summed E-state index contributed by atoms with van der Waals surface area (Å²) in [5, 5.41) is 4.60. The molecule has 1 aliphatic rings. The largest absolute Gasteiger partial charge is 0.336 e. The van der Waals surface area contributed by atoms with Crippen LogP contribution in [0.3, 0.4) is 0 Å². The van der Waals surface area contributed by atoms with Crippen LogP contribution in [0.5, 0.6) is 0 Å². The summed E-state index contributed by atoms with van der Waals surface area (Å²) in [4.78, 5) is 20.1. The lowest BCUT2D eigenvalue weighted by Gasteiger charge is -2.34. The van der Waals surface area contributed by atoms with Gasteiger partial charge in [0.15, 0.2) is 0 Å². The Labute approximate surface area is 204 Å². The maximum atomic E-state index is 13.6. The summed E-state index contributed by atoms with van der Waals surface area (Å²) in [5.74, 6) is -0.191. The molecule has 0 N–H and O–H groups in total. The number of pyridine rings is 1. The van der Waals surface area contributed by atoms with Crippen LogP contribution in [-0.2, 0) is 10.0 Å². The van der Waals surface area contributed by atoms with Crippen LogP contribution >= 0.6 is 0 Å². The normalized spacial score (nSPS) is 15.0. The summed E-state index contributed by atoms with van der Waals surface area (Å²) in [6, 6.07) is 16.5. The van der Waals surface area contributed by atoms with Gasteiger partial charge in [-0.05, 0) is 50.1 Å². The van der Waals surface area contributed by atoms with Crippen LogP contribution in [0.15, 0.2) is 64.0 Å². The highest BCUT2D eigenvalue weighted by atomic mass is 32.2. The number of piperazine rings is 1. The molecule has 4 aromatic rings. The minimum Gasteiger partial charge on any atom is -0.336 e. The van der Waals surface area contributed by atoms with Crippen molar-refractivity contribution in [1.29, 1.82) is 0 Å². The number of carbonyl (C=O) groups is 1. The number of aryl methyl sites for hydroxylation is 3. The number of sulfonamides is 1. The minimum absolute atomic E-state index is 0.191. The van der Waals surface area contributed by atoms with E-state index in [9.17, 15) is 13.2 Å². The maximum Gasteiger partial charge on any atom is 0.259 e. The third-order valence-corrected chi connectivity index (χ3v) is 8.45. The second-order valence-electron chi connectivity index (χ2n) is 8.81. The topological polar surface area (TPSA) is 96.6 Å². The molecule has 1 fully saturated rings. The van der Waals surface area contributed by atoms with Gasteiger partial charge in [0.2, 0.25) is 10.0 Å². The number of nitrogens with zero attached hydrogens (tertiary/aromatic N) is 4. The average molecular weight is 491 g/mol. The first-order valence-corrected chi connectivity index (χ1v) is 12.9. The minimum atomic E-state index is -3.63. The fourth-order valence-electron chi connectivity index (χ4n) is 4.35. The average Bonchev–Trinajstić information content (AvgIpc) is 3.26. The zero-order valence-corrected chi connectivity index (χ0v) is 20.7. The molecule has 5 rings (SSSR count). The van der Waals surface area contributed by atoms with Gasteiger partial charge in [0.1, 0.15) is 0 Å². The Bertz CT molecular complexity index is 1520. The Morgan fingerprint density at radius 2 is 1.63 bits per heavy atom. The van der Waals surface area contributed by atoms with Crippen LogP contribution in [0.4, 0.5) is 0 Å². The van der Waals surface area contributed by atoms with Crippen LogP contribution < -0.4 is 0 Å². The van der Waals surface area contributed by atoms with E-state index in [1.54, 1.807) is 30.0 Å². The third-order valence-electron chi connectivity index (χ3n) is 6.56. The van der Waals surface area contributed by atoms with Gasteiger partial charge >= 0.3 is 0 Å². The fourth-order valence-corrected chi connectivity index (χ4v) is 5.85. The number of rotatable bonds is 4. The van der Waals surface area contributed by atoms with Gasteiger partial charge in [0.05, 0.1) is 27.2 Å². The number of carbonyl (C=O) groups excluding carboxylic acids is 1. The molecule has 3 heterocycles. The number of hydrogen-bond acceptors (Lipinski definition) is 6. The van der Waals surface area contributed by atoms with Crippen molar-refractivity contribution >= 4 is 27.0 Å². The van der Waals surface area contributed by atoms with Crippen molar-refractivity contribution in [1.82, 2.24) is 19.3 Å². The molecule has 9 heteroatoms. The lowest BCUT2D eigenvalue weighted by Crippen LogP contribution is -2.50. The summed E-state index contributed by atoms with van der Waals surface area (Å²) in [6.45, 7) is 6.66. The molecule has 0 saturated carbocycles. The summed E-state index contributed by atoms with van der Waals surface area (Å²) in [7, 11) is -3.63. The van der Waals surface area contributed by atoms with E-state index in [1.165, 1.54) is 4.31 Å². The Balaban J connectivity index is 1.41.